The fourth-order valence-corrected chi connectivity index (χ4v) is 1.56. The third kappa shape index (κ3) is 3.48. The number of hydrogen-bond donors (Lipinski definition) is 3. The molecule has 4 nitrogen and oxygen atoms in total. The first kappa shape index (κ1) is 13.0. The zero-order chi connectivity index (χ0) is 12.0. The topological polar surface area (TPSA) is 67.5 Å². The van der Waals surface area contributed by atoms with Crippen LogP contribution in [0.3, 0.4) is 0 Å². The van der Waals surface area contributed by atoms with Crippen molar-refractivity contribution in [3.8, 4) is 5.75 Å². The van der Waals surface area contributed by atoms with Gasteiger partial charge in [-0.1, -0.05) is 6.07 Å². The Kier molecular flexibility index (Phi) is 5.25. The molecule has 1 aromatic carbocycles. The van der Waals surface area contributed by atoms with Crippen LogP contribution in [0.4, 0.5) is 0 Å². The van der Waals surface area contributed by atoms with E-state index < -0.39 is 0 Å². The molecule has 0 radical (unpaired) electrons. The zero-order valence-electron chi connectivity index (χ0n) is 9.86. The maximum atomic E-state index is 9.60. The van der Waals surface area contributed by atoms with Crippen LogP contribution in [-0.4, -0.2) is 25.3 Å². The van der Waals surface area contributed by atoms with E-state index >= 15 is 0 Å². The van der Waals surface area contributed by atoms with E-state index in [2.05, 4.69) is 12.2 Å². The minimum absolute atomic E-state index is 0.222. The highest BCUT2D eigenvalue weighted by atomic mass is 16.5. The third-order valence-corrected chi connectivity index (χ3v) is 2.50. The Morgan fingerprint density at radius 2 is 2.25 bits per heavy atom. The van der Waals surface area contributed by atoms with Crippen LogP contribution < -0.4 is 11.1 Å². The molecule has 0 bridgehead atoms. The Bertz CT molecular complexity index is 329. The number of nitrogens with one attached hydrogen (secondary N) is 1. The minimum atomic E-state index is 0.222. The summed E-state index contributed by atoms with van der Waals surface area (Å²) in [5, 5.41) is 12.9. The normalized spacial score (nSPS) is 12.7. The van der Waals surface area contributed by atoms with Gasteiger partial charge in [0.1, 0.15) is 5.75 Å². The highest BCUT2D eigenvalue weighted by molar-refractivity contribution is 5.36. The third-order valence-electron chi connectivity index (χ3n) is 2.50. The lowest BCUT2D eigenvalue weighted by Crippen LogP contribution is -2.25. The lowest BCUT2D eigenvalue weighted by atomic mass is 10.0. The summed E-state index contributed by atoms with van der Waals surface area (Å²) in [5.74, 6) is 0.275. The molecule has 1 aromatic rings. The predicted molar refractivity (Wildman–Crippen MR) is 64.3 cm³/mol. The molecule has 4 N–H and O–H groups in total. The van der Waals surface area contributed by atoms with Crippen molar-refractivity contribution in [3.05, 3.63) is 29.3 Å². The van der Waals surface area contributed by atoms with Gasteiger partial charge in [0.05, 0.1) is 6.61 Å². The lowest BCUT2D eigenvalue weighted by molar-refractivity contribution is 0.182. The van der Waals surface area contributed by atoms with Gasteiger partial charge in [-0.3, -0.25) is 0 Å². The summed E-state index contributed by atoms with van der Waals surface area (Å²) < 4.78 is 5.02. The summed E-state index contributed by atoms with van der Waals surface area (Å²) in [4.78, 5) is 0. The van der Waals surface area contributed by atoms with Gasteiger partial charge in [-0.25, -0.2) is 0 Å². The molecule has 90 valence electrons. The standard InChI is InChI=1S/C12H20N2O2/c1-9(14-6-5-13)10-3-4-12(15)11(7-10)8-16-2/h3-4,7,9,14-15H,5-6,8,13H2,1-2H3. The van der Waals surface area contributed by atoms with Gasteiger partial charge in [-0.15, -0.1) is 0 Å². The average Bonchev–Trinajstić information content (AvgIpc) is 2.29. The second kappa shape index (κ2) is 6.48. The second-order valence-corrected chi connectivity index (χ2v) is 3.79. The molecule has 0 heterocycles. The van der Waals surface area contributed by atoms with Crippen LogP contribution in [0, 0.1) is 0 Å². The van der Waals surface area contributed by atoms with E-state index in [0.29, 0.717) is 13.2 Å². The monoisotopic (exact) mass is 224 g/mol. The molecule has 0 saturated carbocycles. The molecule has 0 aliphatic rings. The van der Waals surface area contributed by atoms with Crippen molar-refractivity contribution in [3.63, 3.8) is 0 Å². The molecule has 0 aliphatic heterocycles. The van der Waals surface area contributed by atoms with Gasteiger partial charge in [0.2, 0.25) is 0 Å². The molecule has 1 atom stereocenters. The van der Waals surface area contributed by atoms with Gasteiger partial charge in [0.15, 0.2) is 0 Å². The van der Waals surface area contributed by atoms with Crippen molar-refractivity contribution in [1.29, 1.82) is 0 Å². The highest BCUT2D eigenvalue weighted by Crippen LogP contribution is 2.22. The highest BCUT2D eigenvalue weighted by Gasteiger charge is 2.07. The first-order valence-corrected chi connectivity index (χ1v) is 5.43. The summed E-state index contributed by atoms with van der Waals surface area (Å²) in [7, 11) is 1.61. The number of nitrogens with two attached hydrogens (primary N) is 1. The number of aromatic hydroxyl groups is 1. The first-order valence-electron chi connectivity index (χ1n) is 5.43. The Balaban J connectivity index is 2.76. The fraction of sp³-hybridized carbons (Fsp3) is 0.500. The largest absolute Gasteiger partial charge is 0.508 e. The second-order valence-electron chi connectivity index (χ2n) is 3.79. The molecule has 0 saturated heterocycles. The van der Waals surface area contributed by atoms with E-state index in [4.69, 9.17) is 10.5 Å². The van der Waals surface area contributed by atoms with Gasteiger partial charge < -0.3 is 20.9 Å². The molecular weight excluding hydrogens is 204 g/mol. The molecule has 0 spiro atoms. The van der Waals surface area contributed by atoms with Crippen LogP contribution in [-0.2, 0) is 11.3 Å². The number of rotatable bonds is 6. The minimum Gasteiger partial charge on any atom is -0.508 e. The summed E-state index contributed by atoms with van der Waals surface area (Å²) in [6.45, 7) is 3.89. The Morgan fingerprint density at radius 3 is 2.88 bits per heavy atom. The summed E-state index contributed by atoms with van der Waals surface area (Å²) in [5.41, 5.74) is 7.36. The van der Waals surface area contributed by atoms with Crippen molar-refractivity contribution >= 4 is 0 Å². The van der Waals surface area contributed by atoms with E-state index in [1.54, 1.807) is 13.2 Å². The van der Waals surface area contributed by atoms with E-state index in [-0.39, 0.29) is 11.8 Å². The van der Waals surface area contributed by atoms with Crippen LogP contribution in [0.1, 0.15) is 24.1 Å². The zero-order valence-corrected chi connectivity index (χ0v) is 9.86. The molecule has 1 unspecified atom stereocenters. The smallest absolute Gasteiger partial charge is 0.121 e. The number of phenols is 1. The van der Waals surface area contributed by atoms with Crippen LogP contribution in [0.2, 0.25) is 0 Å². The van der Waals surface area contributed by atoms with E-state index in [1.165, 1.54) is 0 Å². The number of ether oxygens (including phenoxy) is 1. The molecule has 0 fully saturated rings. The van der Waals surface area contributed by atoms with Gasteiger partial charge in [0.25, 0.3) is 0 Å². The molecule has 0 amide bonds. The van der Waals surface area contributed by atoms with Crippen LogP contribution in [0.15, 0.2) is 18.2 Å². The summed E-state index contributed by atoms with van der Waals surface area (Å²) in [6.07, 6.45) is 0. The molecule has 0 aromatic heterocycles. The fourth-order valence-electron chi connectivity index (χ4n) is 1.56. The van der Waals surface area contributed by atoms with Crippen molar-refractivity contribution < 1.29 is 9.84 Å². The summed E-state index contributed by atoms with van der Waals surface area (Å²) in [6, 6.07) is 5.78. The first-order chi connectivity index (χ1) is 7.69. The van der Waals surface area contributed by atoms with Gasteiger partial charge in [-0.05, 0) is 24.6 Å². The number of methoxy groups -OCH3 is 1. The van der Waals surface area contributed by atoms with E-state index in [0.717, 1.165) is 17.7 Å². The number of hydrogen-bond acceptors (Lipinski definition) is 4. The average molecular weight is 224 g/mol. The van der Waals surface area contributed by atoms with Gasteiger partial charge in [0, 0.05) is 31.8 Å². The predicted octanol–water partition coefficient (Wildman–Crippen LogP) is 1.15. The molecule has 16 heavy (non-hydrogen) atoms. The van der Waals surface area contributed by atoms with E-state index in [1.807, 2.05) is 12.1 Å². The quantitative estimate of drug-likeness (QED) is 0.678. The maximum absolute atomic E-state index is 9.60. The van der Waals surface area contributed by atoms with Crippen LogP contribution >= 0.6 is 0 Å². The van der Waals surface area contributed by atoms with Gasteiger partial charge >= 0.3 is 0 Å². The summed E-state index contributed by atoms with van der Waals surface area (Å²) >= 11 is 0. The van der Waals surface area contributed by atoms with Gasteiger partial charge in [-0.2, -0.15) is 0 Å². The number of benzene rings is 1. The Labute approximate surface area is 96.4 Å². The Hall–Kier alpha value is -1.10. The van der Waals surface area contributed by atoms with Crippen molar-refractivity contribution in [2.45, 2.75) is 19.6 Å². The molecule has 4 heteroatoms. The molecular formula is C12H20N2O2. The van der Waals surface area contributed by atoms with Crippen molar-refractivity contribution in [2.75, 3.05) is 20.2 Å². The van der Waals surface area contributed by atoms with Crippen molar-refractivity contribution in [1.82, 2.24) is 5.32 Å². The Morgan fingerprint density at radius 1 is 1.50 bits per heavy atom. The lowest BCUT2D eigenvalue weighted by Gasteiger charge is -2.15. The molecule has 0 aliphatic carbocycles. The van der Waals surface area contributed by atoms with Crippen LogP contribution in [0.5, 0.6) is 5.75 Å². The van der Waals surface area contributed by atoms with Crippen molar-refractivity contribution in [2.24, 2.45) is 5.73 Å². The SMILES string of the molecule is COCc1cc(C(C)NCCN)ccc1O. The van der Waals surface area contributed by atoms with Crippen LogP contribution in [0.25, 0.3) is 0 Å². The maximum Gasteiger partial charge on any atom is 0.121 e. The number of phenolic OH excluding ortho intramolecular Hbond substituents is 1. The molecule has 1 rings (SSSR count). The van der Waals surface area contributed by atoms with E-state index in [9.17, 15) is 5.11 Å².